The molecule has 1 amide bonds. The molecule has 1 N–H and O–H groups in total. The van der Waals surface area contributed by atoms with Crippen LogP contribution in [0.1, 0.15) is 26.3 Å². The maximum Gasteiger partial charge on any atom is 0.262 e. The topological polar surface area (TPSA) is 69.3 Å². The van der Waals surface area contributed by atoms with Crippen molar-refractivity contribution in [1.82, 2.24) is 10.2 Å². The van der Waals surface area contributed by atoms with Crippen LogP contribution in [0.15, 0.2) is 42.5 Å². The summed E-state index contributed by atoms with van der Waals surface area (Å²) in [4.78, 5) is 13.6. The minimum atomic E-state index is -0.585. The van der Waals surface area contributed by atoms with Crippen LogP contribution in [0.25, 0.3) is 0 Å². The number of nitrogens with one attached hydrogen (secondary N) is 1. The molecule has 0 heterocycles. The van der Waals surface area contributed by atoms with Crippen LogP contribution in [-0.4, -0.2) is 57.4 Å². The van der Waals surface area contributed by atoms with Gasteiger partial charge >= 0.3 is 0 Å². The number of carbonyl (C=O) groups is 1. The first-order valence-corrected chi connectivity index (χ1v) is 10.6. The second-order valence-electron chi connectivity index (χ2n) is 7.14. The van der Waals surface area contributed by atoms with Gasteiger partial charge in [-0.05, 0) is 62.7 Å². The van der Waals surface area contributed by atoms with Crippen LogP contribution >= 0.6 is 0 Å². The quantitative estimate of drug-likeness (QED) is 0.491. The Balaban J connectivity index is 1.83. The van der Waals surface area contributed by atoms with E-state index in [1.807, 2.05) is 56.3 Å². The van der Waals surface area contributed by atoms with Gasteiger partial charge in [0, 0.05) is 27.2 Å². The summed E-state index contributed by atoms with van der Waals surface area (Å²) in [6.45, 7) is 8.69. The fourth-order valence-corrected chi connectivity index (χ4v) is 2.91. The zero-order chi connectivity index (χ0) is 22.6. The lowest BCUT2D eigenvalue weighted by Crippen LogP contribution is -2.35. The second kappa shape index (κ2) is 12.7. The lowest BCUT2D eigenvalue weighted by Gasteiger charge is -2.20. The summed E-state index contributed by atoms with van der Waals surface area (Å²) in [5.41, 5.74) is 1.06. The average Bonchev–Trinajstić information content (AvgIpc) is 2.76. The molecule has 0 spiro atoms. The van der Waals surface area contributed by atoms with E-state index < -0.39 is 6.10 Å². The Morgan fingerprint density at radius 3 is 2.19 bits per heavy atom. The van der Waals surface area contributed by atoms with Crippen molar-refractivity contribution < 1.29 is 23.7 Å². The Kier molecular flexibility index (Phi) is 9.97. The summed E-state index contributed by atoms with van der Waals surface area (Å²) in [5, 5.41) is 3.36. The third-order valence-corrected chi connectivity index (χ3v) is 4.41. The molecule has 2 aromatic rings. The van der Waals surface area contributed by atoms with Crippen molar-refractivity contribution in [3.05, 3.63) is 48.0 Å². The van der Waals surface area contributed by atoms with E-state index in [2.05, 4.69) is 5.32 Å². The van der Waals surface area contributed by atoms with Gasteiger partial charge in [0.15, 0.2) is 17.6 Å². The molecular formula is C24H34N2O5. The molecular weight excluding hydrogens is 396 g/mol. The molecule has 0 aliphatic rings. The standard InChI is InChI=1S/C24H34N2O5/c1-6-28-20-9-11-21(12-10-20)30-15-14-25-17-19-8-13-22(23(16-19)29-7-2)31-18(3)24(27)26(4)5/h8-13,16,18,25H,6-7,14-15,17H2,1-5H3/t18-/m0/s1. The molecule has 2 aromatic carbocycles. The molecule has 0 aromatic heterocycles. The van der Waals surface area contributed by atoms with Crippen molar-refractivity contribution in [3.63, 3.8) is 0 Å². The Labute approximate surface area is 185 Å². The zero-order valence-electron chi connectivity index (χ0n) is 19.1. The molecule has 31 heavy (non-hydrogen) atoms. The van der Waals surface area contributed by atoms with Crippen LogP contribution in [0.2, 0.25) is 0 Å². The van der Waals surface area contributed by atoms with Crippen LogP contribution in [-0.2, 0) is 11.3 Å². The molecule has 0 aliphatic carbocycles. The fourth-order valence-electron chi connectivity index (χ4n) is 2.91. The van der Waals surface area contributed by atoms with Crippen molar-refractivity contribution in [2.24, 2.45) is 0 Å². The van der Waals surface area contributed by atoms with E-state index in [-0.39, 0.29) is 5.91 Å². The van der Waals surface area contributed by atoms with Crippen molar-refractivity contribution in [3.8, 4) is 23.0 Å². The molecule has 0 saturated heterocycles. The Hall–Kier alpha value is -2.93. The van der Waals surface area contributed by atoms with E-state index in [4.69, 9.17) is 18.9 Å². The SMILES string of the molecule is CCOc1ccc(OCCNCc2ccc(O[C@@H](C)C(=O)N(C)C)c(OCC)c2)cc1. The predicted octanol–water partition coefficient (Wildman–Crippen LogP) is 3.51. The number of nitrogens with zero attached hydrogens (tertiary/aromatic N) is 1. The minimum absolute atomic E-state index is 0.0966. The maximum absolute atomic E-state index is 12.1. The Bertz CT molecular complexity index is 808. The highest BCUT2D eigenvalue weighted by Gasteiger charge is 2.18. The first-order valence-electron chi connectivity index (χ1n) is 10.6. The molecule has 0 bridgehead atoms. The van der Waals surface area contributed by atoms with Crippen molar-refractivity contribution in [1.29, 1.82) is 0 Å². The first-order chi connectivity index (χ1) is 14.9. The van der Waals surface area contributed by atoms with Crippen molar-refractivity contribution >= 4 is 5.91 Å². The summed E-state index contributed by atoms with van der Waals surface area (Å²) in [5.74, 6) is 2.75. The molecule has 170 valence electrons. The summed E-state index contributed by atoms with van der Waals surface area (Å²) in [7, 11) is 3.42. The van der Waals surface area contributed by atoms with Gasteiger partial charge in [0.1, 0.15) is 18.1 Å². The Morgan fingerprint density at radius 2 is 1.58 bits per heavy atom. The monoisotopic (exact) mass is 430 g/mol. The highest BCUT2D eigenvalue weighted by atomic mass is 16.5. The number of ether oxygens (including phenoxy) is 4. The number of benzene rings is 2. The molecule has 7 nitrogen and oxygen atoms in total. The number of hydrogen-bond donors (Lipinski definition) is 1. The van der Waals surface area contributed by atoms with E-state index >= 15 is 0 Å². The zero-order valence-corrected chi connectivity index (χ0v) is 19.1. The van der Waals surface area contributed by atoms with Gasteiger partial charge in [-0.25, -0.2) is 0 Å². The smallest absolute Gasteiger partial charge is 0.262 e. The van der Waals surface area contributed by atoms with Gasteiger partial charge in [0.25, 0.3) is 5.91 Å². The number of amides is 1. The molecule has 0 unspecified atom stereocenters. The van der Waals surface area contributed by atoms with Gasteiger partial charge in [-0.3, -0.25) is 4.79 Å². The summed E-state index contributed by atoms with van der Waals surface area (Å²) >= 11 is 0. The van der Waals surface area contributed by atoms with Crippen LogP contribution < -0.4 is 24.3 Å². The second-order valence-corrected chi connectivity index (χ2v) is 7.14. The lowest BCUT2D eigenvalue weighted by molar-refractivity contribution is -0.135. The van der Waals surface area contributed by atoms with Crippen LogP contribution in [0.5, 0.6) is 23.0 Å². The third kappa shape index (κ3) is 8.02. The van der Waals surface area contributed by atoms with Gasteiger partial charge in [-0.1, -0.05) is 6.07 Å². The summed E-state index contributed by atoms with van der Waals surface area (Å²) < 4.78 is 22.7. The summed E-state index contributed by atoms with van der Waals surface area (Å²) in [6, 6.07) is 13.4. The van der Waals surface area contributed by atoms with E-state index in [1.165, 1.54) is 4.90 Å². The van der Waals surface area contributed by atoms with Gasteiger partial charge in [0.2, 0.25) is 0 Å². The third-order valence-electron chi connectivity index (χ3n) is 4.41. The molecule has 0 saturated carbocycles. The highest BCUT2D eigenvalue weighted by Crippen LogP contribution is 2.29. The molecule has 0 aliphatic heterocycles. The van der Waals surface area contributed by atoms with Gasteiger partial charge < -0.3 is 29.2 Å². The number of rotatable bonds is 13. The molecule has 1 atom stereocenters. The lowest BCUT2D eigenvalue weighted by atomic mass is 10.2. The largest absolute Gasteiger partial charge is 0.494 e. The normalized spacial score (nSPS) is 11.5. The van der Waals surface area contributed by atoms with E-state index in [0.29, 0.717) is 44.4 Å². The van der Waals surface area contributed by atoms with Crippen LogP contribution in [0.3, 0.4) is 0 Å². The maximum atomic E-state index is 12.1. The van der Waals surface area contributed by atoms with E-state index in [0.717, 1.165) is 17.1 Å². The van der Waals surface area contributed by atoms with Gasteiger partial charge in [-0.15, -0.1) is 0 Å². The Morgan fingerprint density at radius 1 is 0.935 bits per heavy atom. The van der Waals surface area contributed by atoms with Crippen LogP contribution in [0, 0.1) is 0 Å². The number of likely N-dealkylation sites (N-methyl/N-ethyl adjacent to an activating group) is 1. The molecule has 0 radical (unpaired) electrons. The summed E-state index contributed by atoms with van der Waals surface area (Å²) in [6.07, 6.45) is -0.585. The molecule has 2 rings (SSSR count). The van der Waals surface area contributed by atoms with Crippen molar-refractivity contribution in [2.45, 2.75) is 33.4 Å². The highest BCUT2D eigenvalue weighted by molar-refractivity contribution is 5.80. The van der Waals surface area contributed by atoms with Crippen LogP contribution in [0.4, 0.5) is 0 Å². The first kappa shape index (κ1) is 24.3. The fraction of sp³-hybridized carbons (Fsp3) is 0.458. The van der Waals surface area contributed by atoms with Gasteiger partial charge in [0.05, 0.1) is 13.2 Å². The van der Waals surface area contributed by atoms with E-state index in [1.54, 1.807) is 21.0 Å². The average molecular weight is 431 g/mol. The number of hydrogen-bond acceptors (Lipinski definition) is 6. The molecule has 0 fully saturated rings. The van der Waals surface area contributed by atoms with E-state index in [9.17, 15) is 4.79 Å². The number of carbonyl (C=O) groups excluding carboxylic acids is 1. The minimum Gasteiger partial charge on any atom is -0.494 e. The predicted molar refractivity (Wildman–Crippen MR) is 121 cm³/mol. The van der Waals surface area contributed by atoms with Crippen molar-refractivity contribution in [2.75, 3.05) is 40.5 Å². The van der Waals surface area contributed by atoms with Gasteiger partial charge in [-0.2, -0.15) is 0 Å². The molecule has 7 heteroatoms.